The molecule has 0 aliphatic heterocycles. The molecular formula is C11H15FN3+. The molecule has 1 aromatic carbocycles. The molecule has 0 fully saturated rings. The fourth-order valence-corrected chi connectivity index (χ4v) is 2.06. The van der Waals surface area contributed by atoms with Crippen LogP contribution < -0.4 is 10.3 Å². The summed E-state index contributed by atoms with van der Waals surface area (Å²) in [4.78, 5) is 0. The summed E-state index contributed by atoms with van der Waals surface area (Å²) in [6.07, 6.45) is 0. The highest BCUT2D eigenvalue weighted by Crippen LogP contribution is 2.15. The second-order valence-corrected chi connectivity index (χ2v) is 3.56. The zero-order chi connectivity index (χ0) is 11.0. The van der Waals surface area contributed by atoms with Gasteiger partial charge in [0.15, 0.2) is 11.0 Å². The van der Waals surface area contributed by atoms with Gasteiger partial charge < -0.3 is 5.73 Å². The molecular weight excluding hydrogens is 193 g/mol. The Morgan fingerprint density at radius 3 is 2.80 bits per heavy atom. The van der Waals surface area contributed by atoms with Gasteiger partial charge >= 0.3 is 0 Å². The van der Waals surface area contributed by atoms with Crippen LogP contribution in [0.3, 0.4) is 0 Å². The molecule has 0 unspecified atom stereocenters. The summed E-state index contributed by atoms with van der Waals surface area (Å²) in [7, 11) is 1.95. The smallest absolute Gasteiger partial charge is 0.271 e. The molecule has 0 aliphatic rings. The number of nitrogens with zero attached hydrogens (tertiary/aromatic N) is 2. The number of benzene rings is 1. The molecule has 2 rings (SSSR count). The van der Waals surface area contributed by atoms with Crippen LogP contribution in [0.1, 0.15) is 12.7 Å². The van der Waals surface area contributed by atoms with E-state index in [2.05, 4.69) is 0 Å². The van der Waals surface area contributed by atoms with Gasteiger partial charge in [0.25, 0.3) is 5.82 Å². The maximum absolute atomic E-state index is 13.1. The van der Waals surface area contributed by atoms with Crippen molar-refractivity contribution in [3.8, 4) is 0 Å². The van der Waals surface area contributed by atoms with Gasteiger partial charge in [-0.15, -0.1) is 0 Å². The van der Waals surface area contributed by atoms with Gasteiger partial charge in [0, 0.05) is 6.07 Å². The van der Waals surface area contributed by atoms with Crippen LogP contribution in [-0.4, -0.2) is 4.57 Å². The van der Waals surface area contributed by atoms with Crippen molar-refractivity contribution < 1.29 is 8.96 Å². The zero-order valence-corrected chi connectivity index (χ0v) is 9.00. The van der Waals surface area contributed by atoms with Crippen LogP contribution in [0.15, 0.2) is 18.2 Å². The van der Waals surface area contributed by atoms with Crippen molar-refractivity contribution in [2.45, 2.75) is 20.0 Å². The lowest BCUT2D eigenvalue weighted by molar-refractivity contribution is -0.654. The van der Waals surface area contributed by atoms with E-state index in [-0.39, 0.29) is 5.82 Å². The maximum atomic E-state index is 13.1. The van der Waals surface area contributed by atoms with Crippen LogP contribution in [0.5, 0.6) is 0 Å². The van der Waals surface area contributed by atoms with Crippen LogP contribution in [0.25, 0.3) is 11.0 Å². The monoisotopic (exact) mass is 208 g/mol. The van der Waals surface area contributed by atoms with E-state index in [1.54, 1.807) is 12.1 Å². The predicted octanol–water partition coefficient (Wildman–Crippen LogP) is 1.08. The minimum Gasteiger partial charge on any atom is -0.320 e. The van der Waals surface area contributed by atoms with Gasteiger partial charge in [-0.3, -0.25) is 0 Å². The lowest BCUT2D eigenvalue weighted by Crippen LogP contribution is -2.34. The number of hydrogen-bond donors (Lipinski definition) is 1. The van der Waals surface area contributed by atoms with Gasteiger partial charge in [0.05, 0.1) is 20.1 Å². The number of rotatable bonds is 2. The van der Waals surface area contributed by atoms with E-state index in [4.69, 9.17) is 5.73 Å². The van der Waals surface area contributed by atoms with Gasteiger partial charge in [-0.1, -0.05) is 0 Å². The Balaban J connectivity index is 2.85. The van der Waals surface area contributed by atoms with E-state index in [1.807, 2.05) is 23.1 Å². The predicted molar refractivity (Wildman–Crippen MR) is 56.6 cm³/mol. The maximum Gasteiger partial charge on any atom is 0.271 e. The molecule has 0 saturated carbocycles. The molecule has 2 N–H and O–H groups in total. The summed E-state index contributed by atoms with van der Waals surface area (Å²) in [5.41, 5.74) is 7.61. The number of nitrogens with two attached hydrogens (primary N) is 1. The highest BCUT2D eigenvalue weighted by Gasteiger charge is 2.20. The van der Waals surface area contributed by atoms with E-state index >= 15 is 0 Å². The van der Waals surface area contributed by atoms with Crippen molar-refractivity contribution in [2.24, 2.45) is 12.8 Å². The van der Waals surface area contributed by atoms with Gasteiger partial charge in [-0.05, 0) is 19.1 Å². The second kappa shape index (κ2) is 3.62. The largest absolute Gasteiger partial charge is 0.320 e. The van der Waals surface area contributed by atoms with Crippen LogP contribution >= 0.6 is 0 Å². The van der Waals surface area contributed by atoms with Crippen molar-refractivity contribution in [3.63, 3.8) is 0 Å². The molecule has 0 bridgehead atoms. The van der Waals surface area contributed by atoms with Gasteiger partial charge in [0.2, 0.25) is 0 Å². The van der Waals surface area contributed by atoms with Gasteiger partial charge in [0.1, 0.15) is 5.82 Å². The van der Waals surface area contributed by atoms with Crippen LogP contribution in [0, 0.1) is 5.82 Å². The normalized spacial score (nSPS) is 11.2. The highest BCUT2D eigenvalue weighted by molar-refractivity contribution is 5.72. The van der Waals surface area contributed by atoms with Crippen LogP contribution in [0.4, 0.5) is 4.39 Å². The van der Waals surface area contributed by atoms with E-state index in [1.165, 1.54) is 6.07 Å². The first-order valence-electron chi connectivity index (χ1n) is 5.05. The average molecular weight is 208 g/mol. The first-order chi connectivity index (χ1) is 7.19. The molecule has 80 valence electrons. The number of aromatic nitrogens is 2. The summed E-state index contributed by atoms with van der Waals surface area (Å²) >= 11 is 0. The quantitative estimate of drug-likeness (QED) is 0.736. The molecule has 0 atom stereocenters. The van der Waals surface area contributed by atoms with Crippen molar-refractivity contribution in [3.05, 3.63) is 29.8 Å². The second-order valence-electron chi connectivity index (χ2n) is 3.56. The third kappa shape index (κ3) is 1.41. The fourth-order valence-electron chi connectivity index (χ4n) is 2.06. The number of fused-ring (bicyclic) bond motifs is 1. The third-order valence-corrected chi connectivity index (χ3v) is 2.79. The van der Waals surface area contributed by atoms with Crippen molar-refractivity contribution >= 4 is 11.0 Å². The van der Waals surface area contributed by atoms with E-state index in [0.29, 0.717) is 6.54 Å². The number of aryl methyl sites for hydroxylation is 2. The Morgan fingerprint density at radius 1 is 1.47 bits per heavy atom. The number of hydrogen-bond acceptors (Lipinski definition) is 1. The Hall–Kier alpha value is -1.42. The average Bonchev–Trinajstić information content (AvgIpc) is 2.50. The van der Waals surface area contributed by atoms with Crippen molar-refractivity contribution in [2.75, 3.05) is 0 Å². The van der Waals surface area contributed by atoms with Crippen LogP contribution in [-0.2, 0) is 20.1 Å². The Kier molecular flexibility index (Phi) is 2.44. The molecule has 0 aliphatic carbocycles. The molecule has 2 aromatic rings. The van der Waals surface area contributed by atoms with E-state index in [0.717, 1.165) is 23.4 Å². The molecule has 4 heteroatoms. The lowest BCUT2D eigenvalue weighted by Gasteiger charge is -1.96. The zero-order valence-electron chi connectivity index (χ0n) is 9.00. The minimum absolute atomic E-state index is 0.209. The Morgan fingerprint density at radius 2 is 2.20 bits per heavy atom. The summed E-state index contributed by atoms with van der Waals surface area (Å²) in [6, 6.07) is 4.82. The molecule has 0 spiro atoms. The van der Waals surface area contributed by atoms with Crippen LogP contribution in [0.2, 0.25) is 0 Å². The van der Waals surface area contributed by atoms with Crippen molar-refractivity contribution in [1.29, 1.82) is 0 Å². The Labute approximate surface area is 87.9 Å². The third-order valence-electron chi connectivity index (χ3n) is 2.79. The highest BCUT2D eigenvalue weighted by atomic mass is 19.1. The molecule has 1 heterocycles. The van der Waals surface area contributed by atoms with E-state index in [9.17, 15) is 4.39 Å². The first-order valence-corrected chi connectivity index (χ1v) is 5.05. The molecule has 0 amide bonds. The first kappa shape index (κ1) is 10.1. The summed E-state index contributed by atoms with van der Waals surface area (Å²) in [5, 5.41) is 0. The van der Waals surface area contributed by atoms with E-state index < -0.39 is 0 Å². The lowest BCUT2D eigenvalue weighted by atomic mass is 10.3. The van der Waals surface area contributed by atoms with Gasteiger partial charge in [-0.2, -0.15) is 0 Å². The minimum atomic E-state index is -0.209. The molecule has 3 nitrogen and oxygen atoms in total. The van der Waals surface area contributed by atoms with Crippen molar-refractivity contribution in [1.82, 2.24) is 4.57 Å². The van der Waals surface area contributed by atoms with Gasteiger partial charge in [-0.25, -0.2) is 13.5 Å². The molecule has 1 aromatic heterocycles. The summed E-state index contributed by atoms with van der Waals surface area (Å²) < 4.78 is 17.2. The number of halogens is 1. The number of imidazole rings is 1. The SMILES string of the molecule is CCn1c(CN)[n+](C)c2ccc(F)cc21. The fraction of sp³-hybridized carbons (Fsp3) is 0.364. The topological polar surface area (TPSA) is 34.8 Å². The summed E-state index contributed by atoms with van der Waals surface area (Å²) in [5.74, 6) is 0.803. The summed E-state index contributed by atoms with van der Waals surface area (Å²) in [6.45, 7) is 3.29. The Bertz CT molecular complexity index is 502. The standard InChI is InChI=1S/C11H15FN3/c1-3-15-10-6-8(12)4-5-9(10)14(2)11(15)7-13/h4-6H,3,7,13H2,1-2H3/q+1. The molecule has 0 saturated heterocycles. The molecule has 15 heavy (non-hydrogen) atoms. The molecule has 0 radical (unpaired) electrons.